The summed E-state index contributed by atoms with van der Waals surface area (Å²) in [5, 5.41) is 8.13. The van der Waals surface area contributed by atoms with E-state index in [0.29, 0.717) is 12.1 Å². The van der Waals surface area contributed by atoms with Crippen molar-refractivity contribution in [1.82, 2.24) is 25.9 Å². The molecule has 0 saturated heterocycles. The first-order chi connectivity index (χ1) is 17.1. The van der Waals surface area contributed by atoms with Crippen LogP contribution in [0.4, 0.5) is 0 Å². The van der Waals surface area contributed by atoms with Gasteiger partial charge in [0.05, 0.1) is 24.1 Å². The number of nitrogens with two attached hydrogens (primary N) is 1. The highest BCUT2D eigenvalue weighted by Gasteiger charge is 2.30. The summed E-state index contributed by atoms with van der Waals surface area (Å²) in [5.74, 6) is -1.56. The van der Waals surface area contributed by atoms with Gasteiger partial charge in [-0.1, -0.05) is 58.0 Å². The van der Waals surface area contributed by atoms with E-state index >= 15 is 0 Å². The van der Waals surface area contributed by atoms with E-state index in [4.69, 9.17) is 5.73 Å². The van der Waals surface area contributed by atoms with Crippen LogP contribution < -0.4 is 21.7 Å². The number of benzene rings is 1. The summed E-state index contributed by atoms with van der Waals surface area (Å²) >= 11 is 0. The first kappa shape index (κ1) is 28.7. The Morgan fingerprint density at radius 2 is 1.58 bits per heavy atom. The predicted octanol–water partition coefficient (Wildman–Crippen LogP) is 0.788. The molecule has 0 aliphatic carbocycles. The maximum Gasteiger partial charge on any atom is 0.243 e. The minimum Gasteiger partial charge on any atom is -0.351 e. The lowest BCUT2D eigenvalue weighted by Crippen LogP contribution is -2.58. The molecule has 195 valence electrons. The standard InChI is InChI=1S/C26H37N6O4/c1-16(2)10-21(24(34)30-20(14-33)11-18-8-6-5-7-9-18)31-25(35)22(12-19-13-28-15-29-19)32-26(36)23(27)17(3)4/h5-9,13,15-17,20-23H,10-12,27H2,1-4H3,(H,28,29)(H,30,34)(H,31,35)(H,32,36)/t20-,21-,22-,23-/m0/s1. The minimum atomic E-state index is -0.995. The van der Waals surface area contributed by atoms with Gasteiger partial charge < -0.3 is 26.7 Å². The summed E-state index contributed by atoms with van der Waals surface area (Å²) in [6.07, 6.45) is 5.70. The van der Waals surface area contributed by atoms with Crippen molar-refractivity contribution < 1.29 is 19.2 Å². The number of imidazole rings is 1. The van der Waals surface area contributed by atoms with Crippen LogP contribution in [0.25, 0.3) is 0 Å². The molecule has 1 heterocycles. The van der Waals surface area contributed by atoms with Crippen molar-refractivity contribution in [2.45, 2.75) is 71.1 Å². The van der Waals surface area contributed by atoms with Gasteiger partial charge in [0.15, 0.2) is 0 Å². The van der Waals surface area contributed by atoms with Crippen LogP contribution >= 0.6 is 0 Å². The molecule has 0 fully saturated rings. The molecule has 10 heteroatoms. The lowest BCUT2D eigenvalue weighted by atomic mass is 10.0. The van der Waals surface area contributed by atoms with Crippen LogP contribution in [0.1, 0.15) is 45.4 Å². The fourth-order valence-corrected chi connectivity index (χ4v) is 3.61. The van der Waals surface area contributed by atoms with Crippen LogP contribution in [0, 0.1) is 11.8 Å². The molecule has 0 bridgehead atoms. The van der Waals surface area contributed by atoms with E-state index in [2.05, 4.69) is 25.9 Å². The Morgan fingerprint density at radius 3 is 2.14 bits per heavy atom. The van der Waals surface area contributed by atoms with Gasteiger partial charge in [-0.2, -0.15) is 0 Å². The molecule has 1 radical (unpaired) electrons. The molecule has 1 aromatic heterocycles. The van der Waals surface area contributed by atoms with Crippen LogP contribution in [-0.2, 0) is 32.0 Å². The highest BCUT2D eigenvalue weighted by molar-refractivity contribution is 5.93. The smallest absolute Gasteiger partial charge is 0.243 e. The number of rotatable bonds is 14. The SMILES string of the molecule is CC(C)C[C@H](NC(=O)[C@H](Cc1c[nH]cn1)NC(=O)[C@@H](N)C(C)C)C(=O)N[C@H]([C]=O)Cc1ccccc1. The van der Waals surface area contributed by atoms with Crippen LogP contribution in [0.3, 0.4) is 0 Å². The zero-order chi connectivity index (χ0) is 26.7. The Hall–Kier alpha value is -3.53. The van der Waals surface area contributed by atoms with E-state index in [1.807, 2.05) is 64.3 Å². The van der Waals surface area contributed by atoms with E-state index in [1.54, 1.807) is 6.20 Å². The Labute approximate surface area is 212 Å². The first-order valence-electron chi connectivity index (χ1n) is 12.2. The fourth-order valence-electron chi connectivity index (χ4n) is 3.61. The third-order valence-corrected chi connectivity index (χ3v) is 5.70. The number of hydrogen-bond acceptors (Lipinski definition) is 6. The van der Waals surface area contributed by atoms with E-state index in [9.17, 15) is 19.2 Å². The van der Waals surface area contributed by atoms with Crippen molar-refractivity contribution in [3.8, 4) is 0 Å². The highest BCUT2D eigenvalue weighted by Crippen LogP contribution is 2.09. The normalized spacial score (nSPS) is 14.5. The monoisotopic (exact) mass is 497 g/mol. The van der Waals surface area contributed by atoms with E-state index in [-0.39, 0.29) is 24.7 Å². The van der Waals surface area contributed by atoms with E-state index in [1.165, 1.54) is 6.33 Å². The lowest BCUT2D eigenvalue weighted by Gasteiger charge is -2.26. The van der Waals surface area contributed by atoms with Gasteiger partial charge >= 0.3 is 0 Å². The van der Waals surface area contributed by atoms with Crippen molar-refractivity contribution in [3.05, 3.63) is 54.1 Å². The average molecular weight is 498 g/mol. The number of H-pyrrole nitrogens is 1. The zero-order valence-electron chi connectivity index (χ0n) is 21.3. The molecular weight excluding hydrogens is 460 g/mol. The number of nitrogens with one attached hydrogen (secondary N) is 4. The number of aromatic nitrogens is 2. The maximum atomic E-state index is 13.3. The fraction of sp³-hybridized carbons (Fsp3) is 0.500. The number of carbonyl (C=O) groups excluding carboxylic acids is 4. The molecule has 0 aliphatic rings. The highest BCUT2D eigenvalue weighted by atomic mass is 16.2. The first-order valence-corrected chi connectivity index (χ1v) is 12.2. The molecule has 0 unspecified atom stereocenters. The maximum absolute atomic E-state index is 13.3. The Morgan fingerprint density at radius 1 is 0.944 bits per heavy atom. The van der Waals surface area contributed by atoms with Crippen molar-refractivity contribution in [2.75, 3.05) is 0 Å². The largest absolute Gasteiger partial charge is 0.351 e. The van der Waals surface area contributed by atoms with Crippen LogP contribution in [0.2, 0.25) is 0 Å². The van der Waals surface area contributed by atoms with Crippen molar-refractivity contribution >= 4 is 24.0 Å². The van der Waals surface area contributed by atoms with Crippen molar-refractivity contribution in [3.63, 3.8) is 0 Å². The second kappa shape index (κ2) is 14.1. The molecule has 3 amide bonds. The molecule has 6 N–H and O–H groups in total. The second-order valence-corrected chi connectivity index (χ2v) is 9.66. The van der Waals surface area contributed by atoms with Gasteiger partial charge in [0, 0.05) is 19.0 Å². The Bertz CT molecular complexity index is 978. The molecule has 10 nitrogen and oxygen atoms in total. The predicted molar refractivity (Wildman–Crippen MR) is 136 cm³/mol. The van der Waals surface area contributed by atoms with Crippen LogP contribution in [0.5, 0.6) is 0 Å². The molecular formula is C26H37N6O4. The number of aromatic amines is 1. The lowest BCUT2D eigenvalue weighted by molar-refractivity contribution is -0.133. The van der Waals surface area contributed by atoms with Crippen LogP contribution in [-0.4, -0.2) is 58.1 Å². The average Bonchev–Trinajstić information content (AvgIpc) is 3.35. The number of nitrogens with zero attached hydrogens (tertiary/aromatic N) is 1. The molecule has 4 atom stereocenters. The summed E-state index contributed by atoms with van der Waals surface area (Å²) < 4.78 is 0. The summed E-state index contributed by atoms with van der Waals surface area (Å²) in [7, 11) is 0. The van der Waals surface area contributed by atoms with Gasteiger partial charge in [0.25, 0.3) is 0 Å². The second-order valence-electron chi connectivity index (χ2n) is 9.66. The van der Waals surface area contributed by atoms with Crippen LogP contribution in [0.15, 0.2) is 42.9 Å². The Kier molecular flexibility index (Phi) is 11.3. The molecule has 2 aromatic rings. The van der Waals surface area contributed by atoms with Gasteiger partial charge in [-0.25, -0.2) is 4.98 Å². The topological polar surface area (TPSA) is 159 Å². The molecule has 0 saturated carbocycles. The Balaban J connectivity index is 2.15. The number of amides is 3. The van der Waals surface area contributed by atoms with E-state index < -0.39 is 41.9 Å². The van der Waals surface area contributed by atoms with Gasteiger partial charge in [-0.3, -0.25) is 19.2 Å². The van der Waals surface area contributed by atoms with Gasteiger partial charge in [0.1, 0.15) is 12.1 Å². The number of hydrogen-bond donors (Lipinski definition) is 5. The zero-order valence-corrected chi connectivity index (χ0v) is 21.3. The summed E-state index contributed by atoms with van der Waals surface area (Å²) in [4.78, 5) is 57.5. The summed E-state index contributed by atoms with van der Waals surface area (Å²) in [5.41, 5.74) is 7.40. The van der Waals surface area contributed by atoms with Gasteiger partial charge in [-0.15, -0.1) is 0 Å². The molecule has 36 heavy (non-hydrogen) atoms. The molecule has 2 rings (SSSR count). The summed E-state index contributed by atoms with van der Waals surface area (Å²) in [6.45, 7) is 7.46. The van der Waals surface area contributed by atoms with E-state index in [0.717, 1.165) is 5.56 Å². The number of carbonyl (C=O) groups is 3. The minimum absolute atomic E-state index is 0.0718. The third kappa shape index (κ3) is 9.26. The van der Waals surface area contributed by atoms with Gasteiger partial charge in [0.2, 0.25) is 24.0 Å². The van der Waals surface area contributed by atoms with Crippen molar-refractivity contribution in [1.29, 1.82) is 0 Å². The quantitative estimate of drug-likeness (QED) is 0.259. The molecule has 0 aliphatic heterocycles. The molecule has 1 aromatic carbocycles. The third-order valence-electron chi connectivity index (χ3n) is 5.70. The summed E-state index contributed by atoms with van der Waals surface area (Å²) in [6, 6.07) is 5.70. The molecule has 0 spiro atoms. The van der Waals surface area contributed by atoms with Gasteiger partial charge in [-0.05, 0) is 23.8 Å². The van der Waals surface area contributed by atoms with Crippen molar-refractivity contribution in [2.24, 2.45) is 17.6 Å².